The number of ether oxygens (including phenoxy) is 1. The molecule has 0 amide bonds. The Kier molecular flexibility index (Phi) is 4.48. The van der Waals surface area contributed by atoms with Crippen LogP contribution in [0.15, 0.2) is 15.7 Å². The fraction of sp³-hybridized carbons (Fsp3) is 0.538. The average molecular weight is 313 g/mol. The van der Waals surface area contributed by atoms with Crippen molar-refractivity contribution in [3.63, 3.8) is 0 Å². The minimum absolute atomic E-state index is 0.224. The number of rotatable bonds is 2. The molecule has 1 aliphatic heterocycles. The fourth-order valence-corrected chi connectivity index (χ4v) is 2.46. The van der Waals surface area contributed by atoms with Crippen LogP contribution in [0.25, 0.3) is 0 Å². The number of aliphatic hydroxyl groups excluding tert-OH is 2. The molecule has 4 atom stereocenters. The average Bonchev–Trinajstić information content (AvgIpc) is 2.69. The molecule has 0 aromatic carbocycles. The molecule has 2 rings (SSSR count). The number of nitrogens with two attached hydrogens (primary N) is 1. The SMILES string of the molecule is Cc1cc(=O)[nH]c(=O)n1[C@@H]1O[C@H](CO)C(O)[C@]1(N)C#CCF. The summed E-state index contributed by atoms with van der Waals surface area (Å²) in [5.74, 6) is 4.46. The second-order valence-electron chi connectivity index (χ2n) is 4.97. The van der Waals surface area contributed by atoms with Crippen molar-refractivity contribution in [1.82, 2.24) is 9.55 Å². The van der Waals surface area contributed by atoms with Gasteiger partial charge in [-0.1, -0.05) is 11.8 Å². The maximum absolute atomic E-state index is 12.3. The van der Waals surface area contributed by atoms with E-state index in [9.17, 15) is 24.2 Å². The molecule has 1 unspecified atom stereocenters. The Balaban J connectivity index is 2.62. The van der Waals surface area contributed by atoms with Crippen LogP contribution in [0.3, 0.4) is 0 Å². The molecule has 2 heterocycles. The van der Waals surface area contributed by atoms with E-state index in [0.29, 0.717) is 0 Å². The van der Waals surface area contributed by atoms with Gasteiger partial charge in [-0.2, -0.15) is 0 Å². The first-order valence-corrected chi connectivity index (χ1v) is 6.47. The maximum Gasteiger partial charge on any atom is 0.330 e. The van der Waals surface area contributed by atoms with Crippen LogP contribution >= 0.6 is 0 Å². The molecule has 120 valence electrons. The number of nitrogens with one attached hydrogen (secondary N) is 1. The lowest BCUT2D eigenvalue weighted by Crippen LogP contribution is -2.55. The van der Waals surface area contributed by atoms with E-state index < -0.39 is 48.5 Å². The van der Waals surface area contributed by atoms with Crippen LogP contribution < -0.4 is 17.0 Å². The summed E-state index contributed by atoms with van der Waals surface area (Å²) in [6.45, 7) is -0.0889. The number of aromatic amines is 1. The Bertz CT molecular complexity index is 734. The van der Waals surface area contributed by atoms with Crippen LogP contribution in [-0.2, 0) is 4.74 Å². The number of halogens is 1. The Labute approximate surface area is 124 Å². The van der Waals surface area contributed by atoms with Gasteiger partial charge >= 0.3 is 5.69 Å². The zero-order valence-electron chi connectivity index (χ0n) is 11.7. The minimum atomic E-state index is -1.81. The Morgan fingerprint density at radius 2 is 2.27 bits per heavy atom. The summed E-state index contributed by atoms with van der Waals surface area (Å²) in [5.41, 5.74) is 3.03. The monoisotopic (exact) mass is 313 g/mol. The van der Waals surface area contributed by atoms with E-state index in [0.717, 1.165) is 10.6 Å². The summed E-state index contributed by atoms with van der Waals surface area (Å²) in [7, 11) is 0. The number of aryl methyl sites for hydroxylation is 1. The van der Waals surface area contributed by atoms with Crippen LogP contribution in [0.2, 0.25) is 0 Å². The van der Waals surface area contributed by atoms with Gasteiger partial charge in [0.05, 0.1) is 6.61 Å². The van der Waals surface area contributed by atoms with Crippen molar-refractivity contribution in [2.75, 3.05) is 13.3 Å². The number of alkyl halides is 1. The number of aromatic nitrogens is 2. The highest BCUT2D eigenvalue weighted by molar-refractivity contribution is 5.26. The highest BCUT2D eigenvalue weighted by Crippen LogP contribution is 2.35. The first kappa shape index (κ1) is 16.4. The third kappa shape index (κ3) is 2.57. The number of nitrogens with zero attached hydrogens (tertiary/aromatic N) is 1. The fourth-order valence-electron chi connectivity index (χ4n) is 2.46. The van der Waals surface area contributed by atoms with E-state index in [-0.39, 0.29) is 5.69 Å². The first-order valence-electron chi connectivity index (χ1n) is 6.47. The molecule has 22 heavy (non-hydrogen) atoms. The van der Waals surface area contributed by atoms with Crippen LogP contribution in [0.4, 0.5) is 4.39 Å². The van der Waals surface area contributed by atoms with E-state index in [4.69, 9.17) is 10.5 Å². The zero-order valence-corrected chi connectivity index (χ0v) is 11.7. The van der Waals surface area contributed by atoms with Gasteiger partial charge in [0.25, 0.3) is 5.56 Å². The molecule has 0 saturated carbocycles. The lowest BCUT2D eigenvalue weighted by molar-refractivity contribution is -0.0484. The summed E-state index contributed by atoms with van der Waals surface area (Å²) in [6.07, 6.45) is -3.83. The summed E-state index contributed by atoms with van der Waals surface area (Å²) in [6, 6.07) is 1.15. The molecular formula is C13H16FN3O5. The van der Waals surface area contributed by atoms with E-state index in [2.05, 4.69) is 11.8 Å². The van der Waals surface area contributed by atoms with Crippen LogP contribution in [0.1, 0.15) is 11.9 Å². The summed E-state index contributed by atoms with van der Waals surface area (Å²) in [5, 5.41) is 19.4. The van der Waals surface area contributed by atoms with Crippen molar-refractivity contribution in [2.45, 2.75) is 30.9 Å². The summed E-state index contributed by atoms with van der Waals surface area (Å²) in [4.78, 5) is 25.4. The summed E-state index contributed by atoms with van der Waals surface area (Å²) >= 11 is 0. The standard InChI is InChI=1S/C13H16FN3O5/c1-7-5-9(19)16-12(21)17(7)11-13(15,3-2-4-14)10(20)8(6-18)22-11/h5,8,10-11,18,20H,4,6,15H2,1H3,(H,16,19,21)/t8-,10?,11-,13-/m1/s1. The molecular weight excluding hydrogens is 297 g/mol. The van der Waals surface area contributed by atoms with E-state index in [1.54, 1.807) is 0 Å². The third-order valence-corrected chi connectivity index (χ3v) is 3.51. The van der Waals surface area contributed by atoms with E-state index in [1.165, 1.54) is 6.92 Å². The highest BCUT2D eigenvalue weighted by Gasteiger charge is 2.54. The molecule has 0 aliphatic carbocycles. The quantitative estimate of drug-likeness (QED) is 0.457. The normalized spacial score (nSPS) is 30.9. The molecule has 0 spiro atoms. The van der Waals surface area contributed by atoms with Crippen molar-refractivity contribution in [1.29, 1.82) is 0 Å². The van der Waals surface area contributed by atoms with E-state index in [1.807, 2.05) is 4.98 Å². The van der Waals surface area contributed by atoms with Crippen molar-refractivity contribution >= 4 is 0 Å². The Hall–Kier alpha value is -1.99. The van der Waals surface area contributed by atoms with Gasteiger partial charge < -0.3 is 20.7 Å². The number of hydrogen-bond acceptors (Lipinski definition) is 6. The smallest absolute Gasteiger partial charge is 0.330 e. The van der Waals surface area contributed by atoms with Crippen LogP contribution in [-0.4, -0.2) is 50.8 Å². The Morgan fingerprint density at radius 1 is 1.59 bits per heavy atom. The van der Waals surface area contributed by atoms with Crippen LogP contribution in [0, 0.1) is 18.8 Å². The van der Waals surface area contributed by atoms with Gasteiger partial charge in [0.1, 0.15) is 18.9 Å². The lowest BCUT2D eigenvalue weighted by atomic mass is 9.91. The third-order valence-electron chi connectivity index (χ3n) is 3.51. The van der Waals surface area contributed by atoms with Gasteiger partial charge in [-0.15, -0.1) is 0 Å². The largest absolute Gasteiger partial charge is 0.394 e. The van der Waals surface area contributed by atoms with Gasteiger partial charge in [0.15, 0.2) is 11.8 Å². The molecule has 1 aliphatic rings. The maximum atomic E-state index is 12.3. The molecule has 1 aromatic heterocycles. The highest BCUT2D eigenvalue weighted by atomic mass is 19.1. The predicted octanol–water partition coefficient (Wildman–Crippen LogP) is -2.23. The number of aliphatic hydroxyl groups is 2. The predicted molar refractivity (Wildman–Crippen MR) is 73.7 cm³/mol. The van der Waals surface area contributed by atoms with Crippen LogP contribution in [0.5, 0.6) is 0 Å². The van der Waals surface area contributed by atoms with Gasteiger partial charge in [0.2, 0.25) is 0 Å². The molecule has 1 saturated heterocycles. The molecule has 0 radical (unpaired) electrons. The second-order valence-corrected chi connectivity index (χ2v) is 4.97. The molecule has 0 bridgehead atoms. The minimum Gasteiger partial charge on any atom is -0.394 e. The second kappa shape index (κ2) is 6.02. The lowest BCUT2D eigenvalue weighted by Gasteiger charge is -2.28. The summed E-state index contributed by atoms with van der Waals surface area (Å²) < 4.78 is 18.8. The van der Waals surface area contributed by atoms with Gasteiger partial charge in [-0.05, 0) is 6.92 Å². The van der Waals surface area contributed by atoms with Gasteiger partial charge in [-0.3, -0.25) is 14.3 Å². The number of hydrogen-bond donors (Lipinski definition) is 4. The molecule has 9 heteroatoms. The molecule has 1 aromatic rings. The van der Waals surface area contributed by atoms with Gasteiger partial charge in [0, 0.05) is 11.8 Å². The van der Waals surface area contributed by atoms with Crippen molar-refractivity contribution in [3.8, 4) is 11.8 Å². The van der Waals surface area contributed by atoms with Crippen molar-refractivity contribution in [2.24, 2.45) is 5.73 Å². The number of H-pyrrole nitrogens is 1. The van der Waals surface area contributed by atoms with Gasteiger partial charge in [-0.25, -0.2) is 9.18 Å². The zero-order chi connectivity index (χ0) is 16.5. The molecule has 8 nitrogen and oxygen atoms in total. The topological polar surface area (TPSA) is 131 Å². The first-order chi connectivity index (χ1) is 10.3. The van der Waals surface area contributed by atoms with Crippen molar-refractivity contribution in [3.05, 3.63) is 32.6 Å². The van der Waals surface area contributed by atoms with E-state index >= 15 is 0 Å². The Morgan fingerprint density at radius 3 is 2.82 bits per heavy atom. The molecule has 5 N–H and O–H groups in total. The molecule has 1 fully saturated rings. The van der Waals surface area contributed by atoms with Crippen molar-refractivity contribution < 1.29 is 19.3 Å².